The zero-order valence-electron chi connectivity index (χ0n) is 14.5. The van der Waals surface area contributed by atoms with Crippen LogP contribution in [-0.2, 0) is 4.74 Å². The predicted octanol–water partition coefficient (Wildman–Crippen LogP) is 4.55. The molecule has 0 spiro atoms. The van der Waals surface area contributed by atoms with Crippen LogP contribution in [-0.4, -0.2) is 23.4 Å². The largest absolute Gasteiger partial charge is 0.393 e. The highest BCUT2D eigenvalue weighted by molar-refractivity contribution is 5.08. The molecule has 0 amide bonds. The number of aliphatic hydroxyl groups excluding tert-OH is 1. The second-order valence-corrected chi connectivity index (χ2v) is 9.17. The van der Waals surface area contributed by atoms with Gasteiger partial charge in [0.05, 0.1) is 11.7 Å². The molecule has 3 aliphatic rings. The summed E-state index contributed by atoms with van der Waals surface area (Å²) in [6, 6.07) is 0. The Labute approximate surface area is 130 Å². The van der Waals surface area contributed by atoms with Gasteiger partial charge in [0, 0.05) is 6.61 Å². The van der Waals surface area contributed by atoms with E-state index in [9.17, 15) is 5.11 Å². The molecule has 0 unspecified atom stereocenters. The van der Waals surface area contributed by atoms with E-state index in [0.717, 1.165) is 31.8 Å². The van der Waals surface area contributed by atoms with Crippen LogP contribution in [0.3, 0.4) is 0 Å². The highest BCUT2D eigenvalue weighted by atomic mass is 16.5. The lowest BCUT2D eigenvalue weighted by Crippen LogP contribution is -2.59. The molecule has 0 radical (unpaired) electrons. The first kappa shape index (κ1) is 15.8. The molecule has 5 atom stereocenters. The van der Waals surface area contributed by atoms with Crippen molar-refractivity contribution in [1.29, 1.82) is 0 Å². The fourth-order valence-electron chi connectivity index (χ4n) is 6.35. The Morgan fingerprint density at radius 1 is 0.857 bits per heavy atom. The molecule has 2 saturated carbocycles. The smallest absolute Gasteiger partial charge is 0.0688 e. The molecule has 0 bridgehead atoms. The average Bonchev–Trinajstić information content (AvgIpc) is 2.34. The summed E-state index contributed by atoms with van der Waals surface area (Å²) in [5, 5.41) is 10.1. The van der Waals surface area contributed by atoms with Crippen molar-refractivity contribution in [2.75, 3.05) is 6.61 Å². The number of ether oxygens (including phenoxy) is 1. The maximum Gasteiger partial charge on any atom is 0.0688 e. The fraction of sp³-hybridized carbons (Fsp3) is 1.00. The van der Waals surface area contributed by atoms with Crippen LogP contribution in [0, 0.1) is 22.7 Å². The van der Waals surface area contributed by atoms with Crippen molar-refractivity contribution in [3.8, 4) is 0 Å². The van der Waals surface area contributed by atoms with Gasteiger partial charge in [-0.25, -0.2) is 0 Å². The van der Waals surface area contributed by atoms with Gasteiger partial charge in [-0.05, 0) is 74.5 Å². The van der Waals surface area contributed by atoms with Crippen molar-refractivity contribution in [3.63, 3.8) is 0 Å². The summed E-state index contributed by atoms with van der Waals surface area (Å²) in [4.78, 5) is 0. The molecule has 0 aromatic rings. The Bertz CT molecular complexity index is 391. The van der Waals surface area contributed by atoms with Crippen molar-refractivity contribution in [2.45, 2.75) is 90.8 Å². The molecule has 0 aromatic carbocycles. The van der Waals surface area contributed by atoms with Gasteiger partial charge in [-0.2, -0.15) is 0 Å². The molecule has 21 heavy (non-hydrogen) atoms. The second-order valence-electron chi connectivity index (χ2n) is 9.17. The maximum absolute atomic E-state index is 10.1. The van der Waals surface area contributed by atoms with Gasteiger partial charge >= 0.3 is 0 Å². The molecule has 3 fully saturated rings. The van der Waals surface area contributed by atoms with Crippen molar-refractivity contribution in [1.82, 2.24) is 0 Å². The van der Waals surface area contributed by atoms with E-state index in [1.807, 2.05) is 0 Å². The summed E-state index contributed by atoms with van der Waals surface area (Å²) in [5.74, 6) is 1.43. The molecule has 2 heteroatoms. The first-order valence-corrected chi connectivity index (χ1v) is 9.10. The van der Waals surface area contributed by atoms with Crippen LogP contribution in [0.25, 0.3) is 0 Å². The molecule has 1 saturated heterocycles. The minimum Gasteiger partial charge on any atom is -0.393 e. The molecular weight excluding hydrogens is 260 g/mol. The predicted molar refractivity (Wildman–Crippen MR) is 86.2 cm³/mol. The van der Waals surface area contributed by atoms with E-state index in [1.54, 1.807) is 0 Å². The lowest BCUT2D eigenvalue weighted by molar-refractivity contribution is -0.202. The van der Waals surface area contributed by atoms with E-state index >= 15 is 0 Å². The third-order valence-corrected chi connectivity index (χ3v) is 7.41. The summed E-state index contributed by atoms with van der Waals surface area (Å²) < 4.78 is 6.37. The Morgan fingerprint density at radius 2 is 1.62 bits per heavy atom. The van der Waals surface area contributed by atoms with Gasteiger partial charge in [-0.15, -0.1) is 0 Å². The minimum absolute atomic E-state index is 0.0405. The molecular formula is C19H34O2. The SMILES string of the molecule is CC1(C)CCC[C@]2(C)[C@H]3CC[C@@H](O)CCO[C@]3(C)CC[C@@H]12. The normalized spacial score (nSPS) is 50.4. The van der Waals surface area contributed by atoms with Crippen LogP contribution >= 0.6 is 0 Å². The van der Waals surface area contributed by atoms with Gasteiger partial charge in [0.15, 0.2) is 0 Å². The summed E-state index contributed by atoms with van der Waals surface area (Å²) in [5.41, 5.74) is 0.903. The van der Waals surface area contributed by atoms with Crippen LogP contribution in [0.1, 0.15) is 79.1 Å². The Morgan fingerprint density at radius 3 is 2.38 bits per heavy atom. The van der Waals surface area contributed by atoms with Gasteiger partial charge in [-0.3, -0.25) is 0 Å². The topological polar surface area (TPSA) is 29.5 Å². The van der Waals surface area contributed by atoms with Gasteiger partial charge in [-0.1, -0.05) is 27.2 Å². The third kappa shape index (κ3) is 2.57. The van der Waals surface area contributed by atoms with Gasteiger partial charge < -0.3 is 9.84 Å². The molecule has 1 heterocycles. The van der Waals surface area contributed by atoms with Crippen molar-refractivity contribution in [3.05, 3.63) is 0 Å². The Balaban J connectivity index is 1.93. The van der Waals surface area contributed by atoms with Crippen LogP contribution in [0.2, 0.25) is 0 Å². The summed E-state index contributed by atoms with van der Waals surface area (Å²) in [6.07, 6.45) is 9.36. The highest BCUT2D eigenvalue weighted by Crippen LogP contribution is 2.63. The zero-order chi connectivity index (χ0) is 15.3. The summed E-state index contributed by atoms with van der Waals surface area (Å²) in [6.45, 7) is 10.6. The maximum atomic E-state index is 10.1. The fourth-order valence-corrected chi connectivity index (χ4v) is 6.35. The first-order valence-electron chi connectivity index (χ1n) is 9.10. The molecule has 1 aliphatic heterocycles. The number of fused-ring (bicyclic) bond motifs is 3. The average molecular weight is 294 g/mol. The van der Waals surface area contributed by atoms with Crippen molar-refractivity contribution in [2.24, 2.45) is 22.7 Å². The molecule has 122 valence electrons. The van der Waals surface area contributed by atoms with Gasteiger partial charge in [0.1, 0.15) is 0 Å². The third-order valence-electron chi connectivity index (χ3n) is 7.41. The van der Waals surface area contributed by atoms with Crippen molar-refractivity contribution < 1.29 is 9.84 Å². The number of hydrogen-bond donors (Lipinski definition) is 1. The number of aliphatic hydroxyl groups is 1. The number of hydrogen-bond acceptors (Lipinski definition) is 2. The standard InChI is InChI=1S/C19H34O2/c1-17(2)10-5-11-18(3)15(17)8-12-19(4)16(18)7-6-14(20)9-13-21-19/h14-16,20H,5-13H2,1-4H3/t14-,15+,16-,18+,19-/m1/s1. The van der Waals surface area contributed by atoms with E-state index in [4.69, 9.17) is 4.74 Å². The van der Waals surface area contributed by atoms with E-state index in [1.165, 1.54) is 32.1 Å². The van der Waals surface area contributed by atoms with E-state index < -0.39 is 0 Å². The van der Waals surface area contributed by atoms with Crippen LogP contribution in [0.15, 0.2) is 0 Å². The highest BCUT2D eigenvalue weighted by Gasteiger charge is 2.58. The lowest BCUT2D eigenvalue weighted by Gasteiger charge is -2.62. The Kier molecular flexibility index (Phi) is 3.94. The minimum atomic E-state index is -0.157. The van der Waals surface area contributed by atoms with Crippen LogP contribution in [0.5, 0.6) is 0 Å². The number of rotatable bonds is 0. The summed E-state index contributed by atoms with van der Waals surface area (Å²) in [7, 11) is 0. The van der Waals surface area contributed by atoms with E-state index in [-0.39, 0.29) is 11.7 Å². The molecule has 0 aromatic heterocycles. The lowest BCUT2D eigenvalue weighted by atomic mass is 9.45. The first-order chi connectivity index (χ1) is 9.78. The molecule has 1 N–H and O–H groups in total. The van der Waals surface area contributed by atoms with E-state index in [2.05, 4.69) is 27.7 Å². The van der Waals surface area contributed by atoms with Crippen LogP contribution < -0.4 is 0 Å². The van der Waals surface area contributed by atoms with Crippen LogP contribution in [0.4, 0.5) is 0 Å². The monoisotopic (exact) mass is 294 g/mol. The van der Waals surface area contributed by atoms with Gasteiger partial charge in [0.2, 0.25) is 0 Å². The van der Waals surface area contributed by atoms with Crippen molar-refractivity contribution >= 4 is 0 Å². The molecule has 3 rings (SSSR count). The Hall–Kier alpha value is -0.0800. The second kappa shape index (κ2) is 5.23. The quantitative estimate of drug-likeness (QED) is 0.710. The summed E-state index contributed by atoms with van der Waals surface area (Å²) >= 11 is 0. The molecule has 2 nitrogen and oxygen atoms in total. The van der Waals surface area contributed by atoms with E-state index in [0.29, 0.717) is 16.7 Å². The molecule has 2 aliphatic carbocycles. The zero-order valence-corrected chi connectivity index (χ0v) is 14.5. The van der Waals surface area contributed by atoms with Gasteiger partial charge in [0.25, 0.3) is 0 Å².